The lowest BCUT2D eigenvalue weighted by atomic mass is 9.98. The van der Waals surface area contributed by atoms with Gasteiger partial charge in [-0.15, -0.1) is 11.8 Å². The van der Waals surface area contributed by atoms with Crippen molar-refractivity contribution in [2.75, 3.05) is 5.75 Å². The van der Waals surface area contributed by atoms with Gasteiger partial charge >= 0.3 is 5.97 Å². The monoisotopic (exact) mass is 290 g/mol. The minimum absolute atomic E-state index is 0.0521. The first-order valence-corrected chi connectivity index (χ1v) is 7.29. The number of hydrogen-bond donors (Lipinski definition) is 1. The largest absolute Gasteiger partial charge is 0.481 e. The number of carboxylic acids is 1. The maximum atomic E-state index is 12.8. The maximum absolute atomic E-state index is 12.8. The van der Waals surface area contributed by atoms with Crippen molar-refractivity contribution in [1.82, 2.24) is 0 Å². The van der Waals surface area contributed by atoms with Crippen molar-refractivity contribution in [3.8, 4) is 0 Å². The molecular weight excluding hydrogens is 275 g/mol. The highest BCUT2D eigenvalue weighted by Crippen LogP contribution is 2.28. The second kappa shape index (κ2) is 7.10. The van der Waals surface area contributed by atoms with Gasteiger partial charge in [0.15, 0.2) is 0 Å². The molecule has 0 spiro atoms. The van der Waals surface area contributed by atoms with Crippen molar-refractivity contribution in [3.05, 3.63) is 66.0 Å². The summed E-state index contributed by atoms with van der Waals surface area (Å²) >= 11 is 1.54. The summed E-state index contributed by atoms with van der Waals surface area (Å²) in [6, 6.07) is 15.9. The second-order valence-corrected chi connectivity index (χ2v) is 5.56. The molecule has 0 aliphatic heterocycles. The zero-order valence-electron chi connectivity index (χ0n) is 10.8. The van der Waals surface area contributed by atoms with E-state index >= 15 is 0 Å². The summed E-state index contributed by atoms with van der Waals surface area (Å²) < 4.78 is 12.8. The van der Waals surface area contributed by atoms with Gasteiger partial charge in [-0.05, 0) is 29.8 Å². The van der Waals surface area contributed by atoms with Gasteiger partial charge in [0, 0.05) is 16.6 Å². The average molecular weight is 290 g/mol. The molecule has 2 aromatic carbocycles. The minimum Gasteiger partial charge on any atom is -0.481 e. The van der Waals surface area contributed by atoms with Gasteiger partial charge in [-0.25, -0.2) is 4.39 Å². The van der Waals surface area contributed by atoms with Crippen molar-refractivity contribution in [3.63, 3.8) is 0 Å². The quantitative estimate of drug-likeness (QED) is 0.811. The number of hydrogen-bond acceptors (Lipinski definition) is 2. The molecular formula is C16H15FO2S. The average Bonchev–Trinajstić information content (AvgIpc) is 2.46. The molecule has 0 saturated heterocycles. The van der Waals surface area contributed by atoms with Crippen LogP contribution in [0.1, 0.15) is 17.9 Å². The summed E-state index contributed by atoms with van der Waals surface area (Å²) in [6.07, 6.45) is 0.0954. The van der Waals surface area contributed by atoms with Gasteiger partial charge in [0.05, 0.1) is 6.42 Å². The van der Waals surface area contributed by atoms with Crippen molar-refractivity contribution < 1.29 is 14.3 Å². The van der Waals surface area contributed by atoms with Gasteiger partial charge in [0.2, 0.25) is 0 Å². The Morgan fingerprint density at radius 1 is 1.10 bits per heavy atom. The SMILES string of the molecule is O=C(O)CC(CSc1ccc(F)cc1)c1ccccc1. The van der Waals surface area contributed by atoms with Crippen molar-refractivity contribution in [2.45, 2.75) is 17.2 Å². The molecule has 0 aliphatic rings. The first kappa shape index (κ1) is 14.6. The fraction of sp³-hybridized carbons (Fsp3) is 0.188. The van der Waals surface area contributed by atoms with Crippen molar-refractivity contribution in [2.24, 2.45) is 0 Å². The Labute approximate surface area is 121 Å². The summed E-state index contributed by atoms with van der Waals surface area (Å²) in [5.41, 5.74) is 1.02. The summed E-state index contributed by atoms with van der Waals surface area (Å²) in [5, 5.41) is 9.02. The molecule has 1 N–H and O–H groups in total. The Balaban J connectivity index is 2.04. The molecule has 4 heteroatoms. The van der Waals surface area contributed by atoms with Crippen LogP contribution in [0.2, 0.25) is 0 Å². The van der Waals surface area contributed by atoms with Crippen LogP contribution in [-0.4, -0.2) is 16.8 Å². The third-order valence-electron chi connectivity index (χ3n) is 2.96. The van der Waals surface area contributed by atoms with Gasteiger partial charge in [-0.1, -0.05) is 30.3 Å². The zero-order chi connectivity index (χ0) is 14.4. The zero-order valence-corrected chi connectivity index (χ0v) is 11.6. The lowest BCUT2D eigenvalue weighted by Gasteiger charge is -2.15. The van der Waals surface area contributed by atoms with E-state index in [1.807, 2.05) is 30.3 Å². The van der Waals surface area contributed by atoms with Gasteiger partial charge in [0.25, 0.3) is 0 Å². The van der Waals surface area contributed by atoms with Gasteiger partial charge in [0.1, 0.15) is 5.82 Å². The van der Waals surface area contributed by atoms with Crippen LogP contribution in [0, 0.1) is 5.82 Å². The van der Waals surface area contributed by atoms with E-state index in [-0.39, 0.29) is 18.2 Å². The molecule has 0 saturated carbocycles. The molecule has 20 heavy (non-hydrogen) atoms. The Morgan fingerprint density at radius 2 is 1.75 bits per heavy atom. The number of thioether (sulfide) groups is 1. The van der Waals surface area contributed by atoms with E-state index in [2.05, 4.69) is 0 Å². The van der Waals surface area contributed by atoms with E-state index in [0.29, 0.717) is 5.75 Å². The van der Waals surface area contributed by atoms with Crippen molar-refractivity contribution >= 4 is 17.7 Å². The highest BCUT2D eigenvalue weighted by Gasteiger charge is 2.15. The Morgan fingerprint density at radius 3 is 2.35 bits per heavy atom. The third kappa shape index (κ3) is 4.38. The number of benzene rings is 2. The van der Waals surface area contributed by atoms with Crippen LogP contribution in [0.3, 0.4) is 0 Å². The fourth-order valence-corrected chi connectivity index (χ4v) is 2.97. The predicted molar refractivity (Wildman–Crippen MR) is 78.6 cm³/mol. The lowest BCUT2D eigenvalue weighted by Crippen LogP contribution is -2.08. The van der Waals surface area contributed by atoms with Gasteiger partial charge in [-0.3, -0.25) is 4.79 Å². The van der Waals surface area contributed by atoms with E-state index < -0.39 is 5.97 Å². The van der Waals surface area contributed by atoms with Gasteiger partial charge in [-0.2, -0.15) is 0 Å². The summed E-state index contributed by atoms with van der Waals surface area (Å²) in [4.78, 5) is 11.9. The van der Waals surface area contributed by atoms with Crippen molar-refractivity contribution in [1.29, 1.82) is 0 Å². The fourth-order valence-electron chi connectivity index (χ4n) is 1.94. The van der Waals surface area contributed by atoms with Crippen LogP contribution in [0.4, 0.5) is 4.39 Å². The third-order valence-corrected chi connectivity index (χ3v) is 4.13. The smallest absolute Gasteiger partial charge is 0.303 e. The topological polar surface area (TPSA) is 37.3 Å². The standard InChI is InChI=1S/C16H15FO2S/c17-14-6-8-15(9-7-14)20-11-13(10-16(18)19)12-4-2-1-3-5-12/h1-9,13H,10-11H2,(H,18,19). The Kier molecular flexibility index (Phi) is 5.18. The molecule has 0 bridgehead atoms. The molecule has 0 heterocycles. The molecule has 0 radical (unpaired) electrons. The van der Waals surface area contributed by atoms with E-state index in [4.69, 9.17) is 5.11 Å². The Hall–Kier alpha value is -1.81. The maximum Gasteiger partial charge on any atom is 0.303 e. The summed E-state index contributed by atoms with van der Waals surface area (Å²) in [7, 11) is 0. The first-order valence-electron chi connectivity index (χ1n) is 6.30. The highest BCUT2D eigenvalue weighted by molar-refractivity contribution is 7.99. The normalized spacial score (nSPS) is 12.1. The number of carbonyl (C=O) groups is 1. The van der Waals surface area contributed by atoms with E-state index in [0.717, 1.165) is 10.5 Å². The lowest BCUT2D eigenvalue weighted by molar-refractivity contribution is -0.137. The molecule has 0 amide bonds. The Bertz CT molecular complexity index is 554. The van der Waals surface area contributed by atoms with E-state index in [1.165, 1.54) is 12.1 Å². The number of aliphatic carboxylic acids is 1. The van der Waals surface area contributed by atoms with Gasteiger partial charge < -0.3 is 5.11 Å². The highest BCUT2D eigenvalue weighted by atomic mass is 32.2. The van der Waals surface area contributed by atoms with E-state index in [1.54, 1.807) is 23.9 Å². The molecule has 1 atom stereocenters. The van der Waals surface area contributed by atoms with Crippen LogP contribution in [0.5, 0.6) is 0 Å². The molecule has 2 rings (SSSR count). The molecule has 0 fully saturated rings. The summed E-state index contributed by atoms with van der Waals surface area (Å²) in [5.74, 6) is -0.469. The molecule has 1 unspecified atom stereocenters. The first-order chi connectivity index (χ1) is 9.65. The minimum atomic E-state index is -0.807. The predicted octanol–water partition coefficient (Wildman–Crippen LogP) is 4.18. The molecule has 0 aromatic heterocycles. The number of halogens is 1. The number of carboxylic acid groups (broad SMARTS) is 1. The van der Waals surface area contributed by atoms with Crippen LogP contribution in [0.25, 0.3) is 0 Å². The summed E-state index contributed by atoms with van der Waals surface area (Å²) in [6.45, 7) is 0. The number of rotatable bonds is 6. The van der Waals surface area contributed by atoms with Crippen LogP contribution in [-0.2, 0) is 4.79 Å². The second-order valence-electron chi connectivity index (χ2n) is 4.47. The molecule has 2 aromatic rings. The van der Waals surface area contributed by atoms with Crippen LogP contribution < -0.4 is 0 Å². The van der Waals surface area contributed by atoms with Crippen LogP contribution in [0.15, 0.2) is 59.5 Å². The molecule has 2 nitrogen and oxygen atoms in total. The molecule has 104 valence electrons. The molecule has 0 aliphatic carbocycles. The van der Waals surface area contributed by atoms with Crippen LogP contribution >= 0.6 is 11.8 Å². The van der Waals surface area contributed by atoms with E-state index in [9.17, 15) is 9.18 Å².